The molecule has 0 saturated carbocycles. The fourth-order valence-electron chi connectivity index (χ4n) is 2.51. The molecule has 118 valence electrons. The number of benzene rings is 1. The molecule has 0 bridgehead atoms. The van der Waals surface area contributed by atoms with Crippen LogP contribution in [0, 0.1) is 5.82 Å². The van der Waals surface area contributed by atoms with Crippen molar-refractivity contribution in [2.24, 2.45) is 5.73 Å². The molecule has 2 rings (SSSR count). The Labute approximate surface area is 121 Å². The van der Waals surface area contributed by atoms with Gasteiger partial charge in [-0.3, -0.25) is 9.80 Å². The minimum absolute atomic E-state index is 0.138. The summed E-state index contributed by atoms with van der Waals surface area (Å²) in [4.78, 5) is 3.34. The van der Waals surface area contributed by atoms with Crippen LogP contribution in [-0.4, -0.2) is 48.7 Å². The highest BCUT2D eigenvalue weighted by molar-refractivity contribution is 5.25. The van der Waals surface area contributed by atoms with Gasteiger partial charge in [-0.2, -0.15) is 13.2 Å². The van der Waals surface area contributed by atoms with Crippen LogP contribution in [-0.2, 0) is 13.1 Å². The first-order valence-corrected chi connectivity index (χ1v) is 6.87. The van der Waals surface area contributed by atoms with Gasteiger partial charge in [-0.1, -0.05) is 18.2 Å². The Morgan fingerprint density at radius 3 is 2.14 bits per heavy atom. The van der Waals surface area contributed by atoms with Gasteiger partial charge >= 0.3 is 6.18 Å². The maximum atomic E-state index is 14.1. The summed E-state index contributed by atoms with van der Waals surface area (Å²) in [5.41, 5.74) is 6.47. The van der Waals surface area contributed by atoms with E-state index in [1.165, 1.54) is 4.90 Å². The van der Waals surface area contributed by atoms with Crippen LogP contribution in [0.25, 0.3) is 0 Å². The molecule has 7 heteroatoms. The Kier molecular flexibility index (Phi) is 5.18. The number of nitrogens with two attached hydrogens (primary N) is 1. The molecular formula is C14H19F4N3. The van der Waals surface area contributed by atoms with Crippen molar-refractivity contribution in [3.8, 4) is 0 Å². The maximum Gasteiger partial charge on any atom is 0.401 e. The zero-order valence-corrected chi connectivity index (χ0v) is 11.7. The first-order chi connectivity index (χ1) is 9.89. The highest BCUT2D eigenvalue weighted by Gasteiger charge is 2.32. The Balaban J connectivity index is 1.89. The summed E-state index contributed by atoms with van der Waals surface area (Å²) in [6, 6.07) is 5.08. The summed E-state index contributed by atoms with van der Waals surface area (Å²) in [7, 11) is 0. The summed E-state index contributed by atoms with van der Waals surface area (Å²) in [5.74, 6) is -0.308. The molecule has 0 atom stereocenters. The van der Waals surface area contributed by atoms with Crippen molar-refractivity contribution in [3.63, 3.8) is 0 Å². The molecule has 21 heavy (non-hydrogen) atoms. The molecule has 0 radical (unpaired) electrons. The van der Waals surface area contributed by atoms with Crippen molar-refractivity contribution < 1.29 is 17.6 Å². The summed E-state index contributed by atoms with van der Waals surface area (Å²) < 4.78 is 51.0. The molecule has 1 fully saturated rings. The number of rotatable bonds is 4. The van der Waals surface area contributed by atoms with Crippen LogP contribution in [0.2, 0.25) is 0 Å². The standard InChI is InChI=1S/C14H19F4N3/c15-13-11(8-19)2-1-3-12(13)9-20-4-6-21(7-5-20)10-14(16,17)18/h1-3H,4-10,19H2. The molecule has 0 amide bonds. The molecule has 0 spiro atoms. The Hall–Kier alpha value is -1.18. The van der Waals surface area contributed by atoms with Gasteiger partial charge in [0, 0.05) is 50.4 Å². The number of nitrogens with zero attached hydrogens (tertiary/aromatic N) is 2. The minimum Gasteiger partial charge on any atom is -0.326 e. The smallest absolute Gasteiger partial charge is 0.326 e. The maximum absolute atomic E-state index is 14.1. The average molecular weight is 305 g/mol. The zero-order chi connectivity index (χ0) is 15.5. The lowest BCUT2D eigenvalue weighted by Gasteiger charge is -2.35. The summed E-state index contributed by atoms with van der Waals surface area (Å²) in [6.45, 7) is 1.36. The van der Waals surface area contributed by atoms with Crippen LogP contribution in [0.4, 0.5) is 17.6 Å². The second kappa shape index (κ2) is 6.72. The van der Waals surface area contributed by atoms with Gasteiger partial charge in [-0.05, 0) is 0 Å². The number of halogens is 4. The lowest BCUT2D eigenvalue weighted by molar-refractivity contribution is -0.149. The van der Waals surface area contributed by atoms with Gasteiger partial charge in [-0.15, -0.1) is 0 Å². The second-order valence-corrected chi connectivity index (χ2v) is 5.26. The molecule has 3 nitrogen and oxygen atoms in total. The third-order valence-electron chi connectivity index (χ3n) is 3.64. The predicted octanol–water partition coefficient (Wildman–Crippen LogP) is 1.96. The third-order valence-corrected chi connectivity index (χ3v) is 3.64. The lowest BCUT2D eigenvalue weighted by Crippen LogP contribution is -2.48. The van der Waals surface area contributed by atoms with Gasteiger partial charge < -0.3 is 5.73 Å². The Morgan fingerprint density at radius 1 is 1.00 bits per heavy atom. The molecule has 0 unspecified atom stereocenters. The monoisotopic (exact) mass is 305 g/mol. The Bertz CT molecular complexity index is 468. The van der Waals surface area contributed by atoms with Crippen molar-refractivity contribution >= 4 is 0 Å². The van der Waals surface area contributed by atoms with Gasteiger partial charge in [0.1, 0.15) is 5.82 Å². The van der Waals surface area contributed by atoms with Crippen molar-refractivity contribution in [2.45, 2.75) is 19.3 Å². The van der Waals surface area contributed by atoms with Gasteiger partial charge in [0.2, 0.25) is 0 Å². The quantitative estimate of drug-likeness (QED) is 0.863. The van der Waals surface area contributed by atoms with Crippen molar-refractivity contribution in [2.75, 3.05) is 32.7 Å². The molecule has 1 aliphatic heterocycles. The lowest BCUT2D eigenvalue weighted by atomic mass is 10.1. The van der Waals surface area contributed by atoms with Gasteiger partial charge in [-0.25, -0.2) is 4.39 Å². The SMILES string of the molecule is NCc1cccc(CN2CCN(CC(F)(F)F)CC2)c1F. The van der Waals surface area contributed by atoms with Crippen LogP contribution in [0.15, 0.2) is 18.2 Å². The molecule has 1 saturated heterocycles. The van der Waals surface area contributed by atoms with E-state index in [2.05, 4.69) is 0 Å². The molecular weight excluding hydrogens is 286 g/mol. The summed E-state index contributed by atoms with van der Waals surface area (Å²) >= 11 is 0. The fraction of sp³-hybridized carbons (Fsp3) is 0.571. The van der Waals surface area contributed by atoms with E-state index in [9.17, 15) is 17.6 Å². The highest BCUT2D eigenvalue weighted by atomic mass is 19.4. The van der Waals surface area contributed by atoms with Crippen molar-refractivity contribution in [1.82, 2.24) is 9.80 Å². The van der Waals surface area contributed by atoms with E-state index < -0.39 is 12.7 Å². The van der Waals surface area contributed by atoms with Gasteiger partial charge in [0.15, 0.2) is 0 Å². The topological polar surface area (TPSA) is 32.5 Å². The fourth-order valence-corrected chi connectivity index (χ4v) is 2.51. The van der Waals surface area contributed by atoms with Crippen molar-refractivity contribution in [3.05, 3.63) is 35.1 Å². The number of piperazine rings is 1. The molecule has 0 aliphatic carbocycles. The number of hydrogen-bond acceptors (Lipinski definition) is 3. The molecule has 1 heterocycles. The van der Waals surface area contributed by atoms with Gasteiger partial charge in [0.05, 0.1) is 6.54 Å². The average Bonchev–Trinajstić information content (AvgIpc) is 2.42. The van der Waals surface area contributed by atoms with E-state index in [1.807, 2.05) is 4.90 Å². The molecule has 1 aromatic rings. The molecule has 2 N–H and O–H groups in total. The first kappa shape index (κ1) is 16.2. The zero-order valence-electron chi connectivity index (χ0n) is 11.7. The normalized spacial score (nSPS) is 18.1. The summed E-state index contributed by atoms with van der Waals surface area (Å²) in [5, 5.41) is 0. The van der Waals surface area contributed by atoms with Crippen LogP contribution in [0.1, 0.15) is 11.1 Å². The third kappa shape index (κ3) is 4.66. The van der Waals surface area contributed by atoms with Crippen LogP contribution in [0.5, 0.6) is 0 Å². The van der Waals surface area contributed by atoms with E-state index in [0.717, 1.165) is 0 Å². The van der Waals surface area contributed by atoms with Crippen LogP contribution < -0.4 is 5.73 Å². The molecule has 0 aromatic heterocycles. The van der Waals surface area contributed by atoms with E-state index in [-0.39, 0.29) is 12.4 Å². The number of hydrogen-bond donors (Lipinski definition) is 1. The second-order valence-electron chi connectivity index (χ2n) is 5.26. The number of alkyl halides is 3. The minimum atomic E-state index is -4.16. The van der Waals surface area contributed by atoms with E-state index in [0.29, 0.717) is 43.9 Å². The van der Waals surface area contributed by atoms with E-state index >= 15 is 0 Å². The molecule has 1 aliphatic rings. The Morgan fingerprint density at radius 2 is 1.57 bits per heavy atom. The van der Waals surface area contributed by atoms with E-state index in [4.69, 9.17) is 5.73 Å². The summed E-state index contributed by atoms with van der Waals surface area (Å²) in [6.07, 6.45) is -4.16. The van der Waals surface area contributed by atoms with Crippen molar-refractivity contribution in [1.29, 1.82) is 0 Å². The van der Waals surface area contributed by atoms with E-state index in [1.54, 1.807) is 18.2 Å². The van der Waals surface area contributed by atoms with Crippen LogP contribution >= 0.6 is 0 Å². The highest BCUT2D eigenvalue weighted by Crippen LogP contribution is 2.19. The largest absolute Gasteiger partial charge is 0.401 e. The molecule has 1 aromatic carbocycles. The predicted molar refractivity (Wildman–Crippen MR) is 72.1 cm³/mol. The first-order valence-electron chi connectivity index (χ1n) is 6.87. The van der Waals surface area contributed by atoms with Crippen LogP contribution in [0.3, 0.4) is 0 Å². The van der Waals surface area contributed by atoms with Gasteiger partial charge in [0.25, 0.3) is 0 Å².